The van der Waals surface area contributed by atoms with Gasteiger partial charge in [-0.15, -0.1) is 0 Å². The van der Waals surface area contributed by atoms with Gasteiger partial charge in [-0.3, -0.25) is 0 Å². The van der Waals surface area contributed by atoms with Crippen LogP contribution in [-0.4, -0.2) is 44.3 Å². The summed E-state index contributed by atoms with van der Waals surface area (Å²) in [5, 5.41) is 3.22. The van der Waals surface area contributed by atoms with Gasteiger partial charge >= 0.3 is 6.03 Å². The van der Waals surface area contributed by atoms with Crippen LogP contribution in [0, 0.1) is 0 Å². The molecule has 2 aliphatic rings. The molecule has 5 heteroatoms. The molecular weight excluding hydrogens is 352 g/mol. The topological polar surface area (TPSA) is 50.8 Å². The molecule has 0 aliphatic carbocycles. The van der Waals surface area contributed by atoms with E-state index in [0.717, 1.165) is 50.3 Å². The number of ether oxygens (including phenoxy) is 2. The van der Waals surface area contributed by atoms with Gasteiger partial charge in [-0.05, 0) is 42.5 Å². The SMILES string of the molecule is COc1cccc([C@H]2CCN2C(=O)NCC2(c3ccccc3)CCOCC2)c1. The molecule has 1 N–H and O–H groups in total. The van der Waals surface area contributed by atoms with Crippen molar-refractivity contribution in [2.75, 3.05) is 33.4 Å². The average molecular weight is 380 g/mol. The first-order valence-electron chi connectivity index (χ1n) is 10.0. The number of benzene rings is 2. The van der Waals surface area contributed by atoms with Crippen LogP contribution < -0.4 is 10.1 Å². The Bertz CT molecular complexity index is 803. The summed E-state index contributed by atoms with van der Waals surface area (Å²) in [5.74, 6) is 0.829. The lowest BCUT2D eigenvalue weighted by molar-refractivity contribution is 0.0486. The maximum absolute atomic E-state index is 12.9. The fourth-order valence-electron chi connectivity index (χ4n) is 4.29. The number of carbonyl (C=O) groups excluding carboxylic acids is 1. The fraction of sp³-hybridized carbons (Fsp3) is 0.435. The molecule has 2 aromatic carbocycles. The number of carbonyl (C=O) groups is 1. The number of amides is 2. The Kier molecular flexibility index (Phi) is 5.53. The van der Waals surface area contributed by atoms with Crippen molar-refractivity contribution in [3.05, 3.63) is 65.7 Å². The molecule has 0 spiro atoms. The zero-order valence-corrected chi connectivity index (χ0v) is 16.4. The number of methoxy groups -OCH3 is 1. The highest BCUT2D eigenvalue weighted by Crippen LogP contribution is 2.36. The van der Waals surface area contributed by atoms with E-state index in [4.69, 9.17) is 9.47 Å². The van der Waals surface area contributed by atoms with Crippen LogP contribution in [0.1, 0.15) is 36.4 Å². The van der Waals surface area contributed by atoms with Crippen LogP contribution in [0.25, 0.3) is 0 Å². The zero-order chi connectivity index (χ0) is 19.4. The van der Waals surface area contributed by atoms with Gasteiger partial charge in [0.15, 0.2) is 0 Å². The van der Waals surface area contributed by atoms with Gasteiger partial charge in [-0.25, -0.2) is 4.79 Å². The van der Waals surface area contributed by atoms with Crippen LogP contribution in [-0.2, 0) is 10.2 Å². The van der Waals surface area contributed by atoms with Crippen molar-refractivity contribution in [1.29, 1.82) is 0 Å². The lowest BCUT2D eigenvalue weighted by atomic mass is 9.74. The normalized spacial score (nSPS) is 20.9. The molecule has 5 nitrogen and oxygen atoms in total. The van der Waals surface area contributed by atoms with E-state index in [1.807, 2.05) is 29.2 Å². The summed E-state index contributed by atoms with van der Waals surface area (Å²) in [4.78, 5) is 14.9. The maximum atomic E-state index is 12.9. The molecule has 4 rings (SSSR count). The molecule has 0 saturated carbocycles. The molecule has 2 amide bonds. The third-order valence-electron chi connectivity index (χ3n) is 6.17. The van der Waals surface area contributed by atoms with Gasteiger partial charge in [-0.1, -0.05) is 42.5 Å². The standard InChI is InChI=1S/C23H28N2O3/c1-27-20-9-5-6-18(16-20)21-10-13-25(21)22(26)24-17-23(11-14-28-15-12-23)19-7-3-2-4-8-19/h2-9,16,21H,10-15,17H2,1H3,(H,24,26)/t21-/m1/s1. The van der Waals surface area contributed by atoms with Gasteiger partial charge in [0.1, 0.15) is 5.75 Å². The third-order valence-corrected chi connectivity index (χ3v) is 6.17. The number of rotatable bonds is 5. The van der Waals surface area contributed by atoms with E-state index in [0.29, 0.717) is 6.54 Å². The second-order valence-corrected chi connectivity index (χ2v) is 7.69. The van der Waals surface area contributed by atoms with Crippen molar-refractivity contribution in [3.63, 3.8) is 0 Å². The molecule has 0 aromatic heterocycles. The van der Waals surface area contributed by atoms with E-state index in [-0.39, 0.29) is 17.5 Å². The Morgan fingerprint density at radius 1 is 1.18 bits per heavy atom. The minimum Gasteiger partial charge on any atom is -0.497 e. The number of hydrogen-bond acceptors (Lipinski definition) is 3. The first-order valence-corrected chi connectivity index (χ1v) is 10.0. The first kappa shape index (κ1) is 18.8. The van der Waals surface area contributed by atoms with Crippen LogP contribution in [0.15, 0.2) is 54.6 Å². The highest BCUT2D eigenvalue weighted by Gasteiger charge is 2.37. The number of nitrogens with zero attached hydrogens (tertiary/aromatic N) is 1. The second-order valence-electron chi connectivity index (χ2n) is 7.69. The highest BCUT2D eigenvalue weighted by molar-refractivity contribution is 5.76. The highest BCUT2D eigenvalue weighted by atomic mass is 16.5. The Hall–Kier alpha value is -2.53. The maximum Gasteiger partial charge on any atom is 0.317 e. The largest absolute Gasteiger partial charge is 0.497 e. The number of nitrogens with one attached hydrogen (secondary N) is 1. The lowest BCUT2D eigenvalue weighted by Crippen LogP contribution is -2.53. The summed E-state index contributed by atoms with van der Waals surface area (Å²) in [6, 6.07) is 18.7. The fourth-order valence-corrected chi connectivity index (χ4v) is 4.29. The van der Waals surface area contributed by atoms with Gasteiger partial charge in [0.25, 0.3) is 0 Å². The average Bonchev–Trinajstić information content (AvgIpc) is 2.73. The van der Waals surface area contributed by atoms with Gasteiger partial charge in [0.05, 0.1) is 13.2 Å². The van der Waals surface area contributed by atoms with Crippen molar-refractivity contribution in [1.82, 2.24) is 10.2 Å². The van der Waals surface area contributed by atoms with Crippen molar-refractivity contribution >= 4 is 6.03 Å². The summed E-state index contributed by atoms with van der Waals surface area (Å²) >= 11 is 0. The van der Waals surface area contributed by atoms with Crippen LogP contribution in [0.2, 0.25) is 0 Å². The first-order chi connectivity index (χ1) is 13.7. The number of likely N-dealkylation sites (tertiary alicyclic amines) is 1. The van der Waals surface area contributed by atoms with Gasteiger partial charge in [0.2, 0.25) is 0 Å². The molecule has 2 saturated heterocycles. The molecule has 2 fully saturated rings. The monoisotopic (exact) mass is 380 g/mol. The lowest BCUT2D eigenvalue weighted by Gasteiger charge is -2.43. The predicted molar refractivity (Wildman–Crippen MR) is 109 cm³/mol. The Balaban J connectivity index is 1.44. The summed E-state index contributed by atoms with van der Waals surface area (Å²) in [6.07, 6.45) is 2.84. The number of urea groups is 1. The quantitative estimate of drug-likeness (QED) is 0.856. The van der Waals surface area contributed by atoms with Gasteiger partial charge in [-0.2, -0.15) is 0 Å². The van der Waals surface area contributed by atoms with Crippen LogP contribution >= 0.6 is 0 Å². The summed E-state index contributed by atoms with van der Waals surface area (Å²) in [7, 11) is 1.67. The van der Waals surface area contributed by atoms with E-state index in [1.54, 1.807) is 7.11 Å². The molecule has 2 aliphatic heterocycles. The number of hydrogen-bond donors (Lipinski definition) is 1. The molecule has 0 radical (unpaired) electrons. The van der Waals surface area contributed by atoms with Crippen LogP contribution in [0.5, 0.6) is 5.75 Å². The van der Waals surface area contributed by atoms with Crippen LogP contribution in [0.4, 0.5) is 4.79 Å². The van der Waals surface area contributed by atoms with E-state index in [1.165, 1.54) is 5.56 Å². The Morgan fingerprint density at radius 2 is 1.96 bits per heavy atom. The second kappa shape index (κ2) is 8.23. The molecule has 2 aromatic rings. The molecule has 148 valence electrons. The molecule has 1 atom stereocenters. The predicted octanol–water partition coefficient (Wildman–Crippen LogP) is 3.90. The van der Waals surface area contributed by atoms with Gasteiger partial charge < -0.3 is 19.7 Å². The Morgan fingerprint density at radius 3 is 2.64 bits per heavy atom. The summed E-state index contributed by atoms with van der Waals surface area (Å²) in [5.41, 5.74) is 2.36. The zero-order valence-electron chi connectivity index (χ0n) is 16.4. The third kappa shape index (κ3) is 3.72. The molecule has 28 heavy (non-hydrogen) atoms. The van der Waals surface area contributed by atoms with Crippen molar-refractivity contribution < 1.29 is 14.3 Å². The Labute approximate surface area is 166 Å². The van der Waals surface area contributed by atoms with E-state index < -0.39 is 0 Å². The molecule has 2 heterocycles. The van der Waals surface area contributed by atoms with Crippen molar-refractivity contribution in [2.45, 2.75) is 30.7 Å². The minimum absolute atomic E-state index is 0.0147. The smallest absolute Gasteiger partial charge is 0.317 e. The minimum atomic E-state index is -0.0501. The molecular formula is C23H28N2O3. The van der Waals surface area contributed by atoms with Gasteiger partial charge in [0, 0.05) is 31.7 Å². The summed E-state index contributed by atoms with van der Waals surface area (Å²) in [6.45, 7) is 2.90. The van der Waals surface area contributed by atoms with E-state index in [2.05, 4.69) is 35.6 Å². The molecule has 0 unspecified atom stereocenters. The van der Waals surface area contributed by atoms with Crippen LogP contribution in [0.3, 0.4) is 0 Å². The van der Waals surface area contributed by atoms with Crippen molar-refractivity contribution in [2.24, 2.45) is 0 Å². The van der Waals surface area contributed by atoms with E-state index >= 15 is 0 Å². The summed E-state index contributed by atoms with van der Waals surface area (Å²) < 4.78 is 10.9. The van der Waals surface area contributed by atoms with E-state index in [9.17, 15) is 4.79 Å². The van der Waals surface area contributed by atoms with Crippen molar-refractivity contribution in [3.8, 4) is 5.75 Å². The molecule has 0 bridgehead atoms.